The van der Waals surface area contributed by atoms with Crippen LogP contribution in [0.15, 0.2) is 4.47 Å². The van der Waals surface area contributed by atoms with Crippen LogP contribution in [0.1, 0.15) is 28.3 Å². The van der Waals surface area contributed by atoms with Crippen molar-refractivity contribution in [2.75, 3.05) is 14.2 Å². The molecule has 1 aromatic carbocycles. The summed E-state index contributed by atoms with van der Waals surface area (Å²) in [7, 11) is 3.04. The van der Waals surface area contributed by atoms with Crippen LogP contribution in [0, 0.1) is 20.8 Å². The van der Waals surface area contributed by atoms with E-state index in [4.69, 9.17) is 16.3 Å². The first-order valence-corrected chi connectivity index (χ1v) is 6.64. The highest BCUT2D eigenvalue weighted by atomic mass is 79.9. The normalized spacial score (nSPS) is 12.2. The van der Waals surface area contributed by atoms with Gasteiger partial charge in [0, 0.05) is 17.1 Å². The molecule has 1 rings (SSSR count). The molecule has 106 valence electrons. The average Bonchev–Trinajstić information content (AvgIpc) is 2.38. The molecule has 4 N–H and O–H groups in total. The number of hydrogen-bond acceptors (Lipinski definition) is 4. The van der Waals surface area contributed by atoms with Gasteiger partial charge in [-0.15, -0.1) is 0 Å². The van der Waals surface area contributed by atoms with Crippen molar-refractivity contribution >= 4 is 21.8 Å². The summed E-state index contributed by atoms with van der Waals surface area (Å²) in [6.07, 6.45) is 0. The molecule has 0 aliphatic carbocycles. The number of hydrazine groups is 1. The van der Waals surface area contributed by atoms with Crippen LogP contribution in [0.2, 0.25) is 0 Å². The summed E-state index contributed by atoms with van der Waals surface area (Å²) in [5, 5.41) is 0.993. The number of likely N-dealkylation sites (N-methyl/N-ethyl adjacent to an activating group) is 1. The topological polar surface area (TPSA) is 81.6 Å². The van der Waals surface area contributed by atoms with E-state index in [1.807, 2.05) is 20.8 Å². The number of rotatable bonds is 3. The lowest BCUT2D eigenvalue weighted by molar-refractivity contribution is -0.131. The van der Waals surface area contributed by atoms with Crippen LogP contribution < -0.4 is 16.3 Å². The Kier molecular flexibility index (Phi) is 4.95. The average molecular weight is 330 g/mol. The molecule has 0 fully saturated rings. The molecule has 0 radical (unpaired) electrons. The third kappa shape index (κ3) is 2.75. The van der Waals surface area contributed by atoms with Gasteiger partial charge in [-0.25, -0.2) is 5.84 Å². The van der Waals surface area contributed by atoms with E-state index in [1.54, 1.807) is 7.11 Å². The fourth-order valence-corrected chi connectivity index (χ4v) is 2.60. The maximum atomic E-state index is 12.0. The molecule has 0 spiro atoms. The summed E-state index contributed by atoms with van der Waals surface area (Å²) in [5.74, 6) is 5.75. The fourth-order valence-electron chi connectivity index (χ4n) is 2.09. The molecule has 0 aromatic heterocycles. The molecule has 19 heavy (non-hydrogen) atoms. The van der Waals surface area contributed by atoms with Gasteiger partial charge in [-0.2, -0.15) is 0 Å². The van der Waals surface area contributed by atoms with Gasteiger partial charge in [-0.05, 0) is 37.5 Å². The van der Waals surface area contributed by atoms with Crippen molar-refractivity contribution in [3.05, 3.63) is 26.7 Å². The minimum absolute atomic E-state index is 0.364. The molecule has 0 aliphatic rings. The molecule has 1 amide bonds. The Balaban J connectivity index is 3.54. The predicted molar refractivity (Wildman–Crippen MR) is 78.8 cm³/mol. The first-order valence-electron chi connectivity index (χ1n) is 5.85. The Morgan fingerprint density at radius 1 is 1.26 bits per heavy atom. The highest BCUT2D eigenvalue weighted by Crippen LogP contribution is 2.38. The van der Waals surface area contributed by atoms with Crippen LogP contribution in [0.4, 0.5) is 0 Å². The molecular weight excluding hydrogens is 310 g/mol. The fraction of sp³-hybridized carbons (Fsp3) is 0.462. The SMILES string of the molecule is COc1c(C)c(C)c(Br)c(C)c1C(N)C(=O)N(C)N. The maximum absolute atomic E-state index is 12.0. The second-order valence-corrected chi connectivity index (χ2v) is 5.36. The number of benzene rings is 1. The van der Waals surface area contributed by atoms with Gasteiger partial charge in [0.2, 0.25) is 0 Å². The summed E-state index contributed by atoms with van der Waals surface area (Å²) >= 11 is 3.53. The first kappa shape index (κ1) is 15.9. The van der Waals surface area contributed by atoms with Gasteiger partial charge < -0.3 is 10.5 Å². The zero-order valence-electron chi connectivity index (χ0n) is 11.9. The summed E-state index contributed by atoms with van der Waals surface area (Å²) in [6, 6.07) is -0.847. The van der Waals surface area contributed by atoms with Gasteiger partial charge in [-0.3, -0.25) is 9.80 Å². The molecule has 6 heteroatoms. The van der Waals surface area contributed by atoms with Crippen LogP contribution in [-0.4, -0.2) is 25.1 Å². The van der Waals surface area contributed by atoms with Gasteiger partial charge in [0.05, 0.1) is 7.11 Å². The Morgan fingerprint density at radius 3 is 2.21 bits per heavy atom. The summed E-state index contributed by atoms with van der Waals surface area (Å²) in [4.78, 5) is 12.0. The monoisotopic (exact) mass is 329 g/mol. The molecular formula is C13H20BrN3O2. The zero-order valence-corrected chi connectivity index (χ0v) is 13.5. The smallest absolute Gasteiger partial charge is 0.257 e. The van der Waals surface area contributed by atoms with Gasteiger partial charge in [-0.1, -0.05) is 15.9 Å². The van der Waals surface area contributed by atoms with Crippen LogP contribution in [0.25, 0.3) is 0 Å². The molecule has 1 unspecified atom stereocenters. The molecule has 1 aromatic rings. The number of hydrogen-bond donors (Lipinski definition) is 2. The lowest BCUT2D eigenvalue weighted by Gasteiger charge is -2.24. The Hall–Kier alpha value is -1.11. The highest BCUT2D eigenvalue weighted by Gasteiger charge is 2.27. The Morgan fingerprint density at radius 2 is 1.79 bits per heavy atom. The Bertz CT molecular complexity index is 515. The number of ether oxygens (including phenoxy) is 1. The van der Waals surface area contributed by atoms with Crippen LogP contribution in [-0.2, 0) is 4.79 Å². The molecule has 0 saturated carbocycles. The quantitative estimate of drug-likeness (QED) is 0.502. The number of carbonyl (C=O) groups is 1. The van der Waals surface area contributed by atoms with Gasteiger partial charge in [0.15, 0.2) is 0 Å². The number of halogens is 1. The minimum atomic E-state index is -0.847. The van der Waals surface area contributed by atoms with E-state index in [0.29, 0.717) is 11.3 Å². The molecule has 0 aliphatic heterocycles. The van der Waals surface area contributed by atoms with Crippen molar-refractivity contribution in [2.45, 2.75) is 26.8 Å². The van der Waals surface area contributed by atoms with Gasteiger partial charge in [0.25, 0.3) is 5.91 Å². The second-order valence-electron chi connectivity index (χ2n) is 4.56. The van der Waals surface area contributed by atoms with Crippen molar-refractivity contribution in [3.63, 3.8) is 0 Å². The van der Waals surface area contributed by atoms with Crippen molar-refractivity contribution in [1.29, 1.82) is 0 Å². The van der Waals surface area contributed by atoms with Gasteiger partial charge in [0.1, 0.15) is 11.8 Å². The number of carbonyl (C=O) groups excluding carboxylic acids is 1. The van der Waals surface area contributed by atoms with E-state index in [2.05, 4.69) is 15.9 Å². The van der Waals surface area contributed by atoms with E-state index in [9.17, 15) is 4.79 Å². The lowest BCUT2D eigenvalue weighted by atomic mass is 9.94. The minimum Gasteiger partial charge on any atom is -0.496 e. The number of amides is 1. The summed E-state index contributed by atoms with van der Waals surface area (Å²) in [6.45, 7) is 5.82. The summed E-state index contributed by atoms with van der Waals surface area (Å²) in [5.41, 5.74) is 9.62. The van der Waals surface area contributed by atoms with E-state index < -0.39 is 6.04 Å². The van der Waals surface area contributed by atoms with Gasteiger partial charge >= 0.3 is 0 Å². The van der Waals surface area contributed by atoms with Crippen molar-refractivity contribution < 1.29 is 9.53 Å². The van der Waals surface area contributed by atoms with E-state index in [-0.39, 0.29) is 5.91 Å². The molecule has 0 bridgehead atoms. The predicted octanol–water partition coefficient (Wildman–Crippen LogP) is 1.71. The third-order valence-electron chi connectivity index (χ3n) is 3.34. The van der Waals surface area contributed by atoms with E-state index in [0.717, 1.165) is 26.2 Å². The van der Waals surface area contributed by atoms with Crippen molar-refractivity contribution in [1.82, 2.24) is 5.01 Å². The lowest BCUT2D eigenvalue weighted by Crippen LogP contribution is -2.40. The maximum Gasteiger partial charge on any atom is 0.257 e. The largest absolute Gasteiger partial charge is 0.496 e. The van der Waals surface area contributed by atoms with Crippen molar-refractivity contribution in [3.8, 4) is 5.75 Å². The van der Waals surface area contributed by atoms with Crippen LogP contribution >= 0.6 is 15.9 Å². The molecule has 0 saturated heterocycles. The summed E-state index contributed by atoms with van der Waals surface area (Å²) < 4.78 is 6.37. The molecule has 1 atom stereocenters. The Labute approximate surface area is 122 Å². The number of methoxy groups -OCH3 is 1. The number of nitrogens with two attached hydrogens (primary N) is 2. The first-order chi connectivity index (χ1) is 8.73. The second kappa shape index (κ2) is 5.90. The van der Waals surface area contributed by atoms with Crippen LogP contribution in [0.5, 0.6) is 5.75 Å². The van der Waals surface area contributed by atoms with E-state index in [1.165, 1.54) is 7.05 Å². The van der Waals surface area contributed by atoms with Crippen molar-refractivity contribution in [2.24, 2.45) is 11.6 Å². The van der Waals surface area contributed by atoms with Crippen LogP contribution in [0.3, 0.4) is 0 Å². The highest BCUT2D eigenvalue weighted by molar-refractivity contribution is 9.10. The standard InChI is InChI=1S/C13H20BrN3O2/c1-6-7(2)12(19-5)9(8(3)10(6)14)11(15)13(18)17(4)16/h11H,15-16H2,1-5H3. The van der Waals surface area contributed by atoms with E-state index >= 15 is 0 Å². The zero-order chi connectivity index (χ0) is 14.9. The molecule has 5 nitrogen and oxygen atoms in total. The molecule has 0 heterocycles. The number of nitrogens with zero attached hydrogens (tertiary/aromatic N) is 1. The third-order valence-corrected chi connectivity index (χ3v) is 4.53.